The van der Waals surface area contributed by atoms with Crippen molar-refractivity contribution >= 4 is 15.9 Å². The Morgan fingerprint density at radius 3 is 2.64 bits per heavy atom. The van der Waals surface area contributed by atoms with Crippen LogP contribution < -0.4 is 10.1 Å². The van der Waals surface area contributed by atoms with Gasteiger partial charge in [0.15, 0.2) is 6.61 Å². The van der Waals surface area contributed by atoms with Crippen LogP contribution in [0.25, 0.3) is 0 Å². The van der Waals surface area contributed by atoms with E-state index >= 15 is 0 Å². The van der Waals surface area contributed by atoms with Gasteiger partial charge < -0.3 is 14.8 Å². The molecule has 1 fully saturated rings. The van der Waals surface area contributed by atoms with E-state index in [0.717, 1.165) is 19.3 Å². The lowest BCUT2D eigenvalue weighted by molar-refractivity contribution is -0.123. The van der Waals surface area contributed by atoms with Gasteiger partial charge in [-0.1, -0.05) is 0 Å². The number of hydrogen-bond donors (Lipinski definition) is 1. The number of carbonyl (C=O) groups is 1. The number of amides is 1. The summed E-state index contributed by atoms with van der Waals surface area (Å²) in [6.07, 6.45) is 2.54. The minimum Gasteiger partial charge on any atom is -0.484 e. The van der Waals surface area contributed by atoms with Gasteiger partial charge in [-0.3, -0.25) is 4.79 Å². The first kappa shape index (κ1) is 19.7. The zero-order chi connectivity index (χ0) is 18.3. The maximum Gasteiger partial charge on any atom is 0.257 e. The number of aryl methyl sites for hydroxylation is 1. The number of methoxy groups -OCH3 is 1. The number of hydrogen-bond acceptors (Lipinski definition) is 5. The average molecular weight is 370 g/mol. The van der Waals surface area contributed by atoms with Crippen LogP contribution in [0.4, 0.5) is 0 Å². The molecule has 1 aliphatic heterocycles. The van der Waals surface area contributed by atoms with Crippen LogP contribution in [0, 0.1) is 6.92 Å². The van der Waals surface area contributed by atoms with Gasteiger partial charge in [0.05, 0.1) is 4.90 Å². The molecule has 1 aromatic rings. The highest BCUT2D eigenvalue weighted by atomic mass is 32.2. The number of rotatable bonds is 9. The zero-order valence-corrected chi connectivity index (χ0v) is 15.6. The van der Waals surface area contributed by atoms with E-state index in [-0.39, 0.29) is 17.4 Å². The predicted molar refractivity (Wildman–Crippen MR) is 94.2 cm³/mol. The van der Waals surface area contributed by atoms with Crippen molar-refractivity contribution in [2.45, 2.75) is 31.1 Å². The molecule has 2 rings (SSSR count). The van der Waals surface area contributed by atoms with Gasteiger partial charge in [0.2, 0.25) is 10.0 Å². The van der Waals surface area contributed by atoms with Crippen molar-refractivity contribution in [3.63, 3.8) is 0 Å². The predicted octanol–water partition coefficient (Wildman–Crippen LogP) is 1.31. The molecule has 1 amide bonds. The van der Waals surface area contributed by atoms with E-state index < -0.39 is 10.0 Å². The Balaban J connectivity index is 1.92. The molecule has 0 saturated carbocycles. The number of nitrogens with one attached hydrogen (secondary N) is 1. The van der Waals surface area contributed by atoms with Gasteiger partial charge in [0.1, 0.15) is 5.75 Å². The molecule has 1 heterocycles. The fraction of sp³-hybridized carbons (Fsp3) is 0.588. The summed E-state index contributed by atoms with van der Waals surface area (Å²) >= 11 is 0. The van der Waals surface area contributed by atoms with Crippen molar-refractivity contribution in [3.05, 3.63) is 23.8 Å². The molecular weight excluding hydrogens is 344 g/mol. The molecule has 8 heteroatoms. The molecule has 0 unspecified atom stereocenters. The van der Waals surface area contributed by atoms with Crippen LogP contribution in [0.3, 0.4) is 0 Å². The highest BCUT2D eigenvalue weighted by Crippen LogP contribution is 2.26. The molecule has 7 nitrogen and oxygen atoms in total. The van der Waals surface area contributed by atoms with Gasteiger partial charge in [-0.2, -0.15) is 4.31 Å². The summed E-state index contributed by atoms with van der Waals surface area (Å²) in [5, 5.41) is 2.73. The third-order valence-corrected chi connectivity index (χ3v) is 5.95. The molecule has 0 atom stereocenters. The lowest BCUT2D eigenvalue weighted by Gasteiger charge is -2.17. The second-order valence-corrected chi connectivity index (χ2v) is 7.96. The smallest absolute Gasteiger partial charge is 0.257 e. The topological polar surface area (TPSA) is 84.9 Å². The summed E-state index contributed by atoms with van der Waals surface area (Å²) in [5.74, 6) is 0.289. The van der Waals surface area contributed by atoms with Crippen molar-refractivity contribution in [1.29, 1.82) is 0 Å². The van der Waals surface area contributed by atoms with Gasteiger partial charge in [-0.25, -0.2) is 8.42 Å². The number of carbonyl (C=O) groups excluding carboxylic acids is 1. The molecule has 140 valence electrons. The zero-order valence-electron chi connectivity index (χ0n) is 14.8. The minimum atomic E-state index is -3.44. The van der Waals surface area contributed by atoms with Gasteiger partial charge in [-0.05, 0) is 49.9 Å². The van der Waals surface area contributed by atoms with E-state index in [0.29, 0.717) is 37.6 Å². The maximum absolute atomic E-state index is 12.5. The summed E-state index contributed by atoms with van der Waals surface area (Å²) in [6.45, 7) is 3.93. The molecule has 1 aliphatic rings. The summed E-state index contributed by atoms with van der Waals surface area (Å²) in [5.41, 5.74) is 0.687. The Morgan fingerprint density at radius 1 is 1.28 bits per heavy atom. The largest absolute Gasteiger partial charge is 0.484 e. The second-order valence-electron chi connectivity index (χ2n) is 6.02. The molecule has 1 N–H and O–H groups in total. The van der Waals surface area contributed by atoms with Gasteiger partial charge >= 0.3 is 0 Å². The van der Waals surface area contributed by atoms with E-state index in [1.807, 2.05) is 0 Å². The Morgan fingerprint density at radius 2 is 2.00 bits per heavy atom. The molecule has 0 radical (unpaired) electrons. The molecule has 0 aromatic heterocycles. The van der Waals surface area contributed by atoms with Gasteiger partial charge in [0.25, 0.3) is 5.91 Å². The minimum absolute atomic E-state index is 0.105. The van der Waals surface area contributed by atoms with Crippen LogP contribution in [0.15, 0.2) is 23.1 Å². The fourth-order valence-corrected chi connectivity index (χ4v) is 4.26. The summed E-state index contributed by atoms with van der Waals surface area (Å²) in [7, 11) is -1.83. The van der Waals surface area contributed by atoms with Crippen LogP contribution in [-0.4, -0.2) is 58.6 Å². The van der Waals surface area contributed by atoms with E-state index in [4.69, 9.17) is 9.47 Å². The van der Waals surface area contributed by atoms with Crippen LogP contribution in [0.1, 0.15) is 24.8 Å². The van der Waals surface area contributed by atoms with Crippen LogP contribution in [0.5, 0.6) is 5.75 Å². The molecule has 0 spiro atoms. The van der Waals surface area contributed by atoms with Gasteiger partial charge in [-0.15, -0.1) is 0 Å². The lowest BCUT2D eigenvalue weighted by atomic mass is 10.2. The Kier molecular flexibility index (Phi) is 7.22. The van der Waals surface area contributed by atoms with E-state index in [9.17, 15) is 13.2 Å². The average Bonchev–Trinajstić information content (AvgIpc) is 3.13. The summed E-state index contributed by atoms with van der Waals surface area (Å²) in [4.78, 5) is 12.0. The molecular formula is C17H26N2O5S. The highest BCUT2D eigenvalue weighted by Gasteiger charge is 2.27. The Labute approximate surface area is 149 Å². The summed E-state index contributed by atoms with van der Waals surface area (Å²) < 4.78 is 37.0. The monoisotopic (exact) mass is 370 g/mol. The first-order valence-corrected chi connectivity index (χ1v) is 9.88. The van der Waals surface area contributed by atoms with Crippen LogP contribution in [-0.2, 0) is 19.6 Å². The third kappa shape index (κ3) is 5.42. The first-order valence-electron chi connectivity index (χ1n) is 8.44. The maximum atomic E-state index is 12.5. The Hall–Kier alpha value is -1.64. The molecule has 1 saturated heterocycles. The normalized spacial score (nSPS) is 15.3. The van der Waals surface area contributed by atoms with E-state index in [2.05, 4.69) is 5.32 Å². The number of nitrogens with zero attached hydrogens (tertiary/aromatic N) is 1. The quantitative estimate of drug-likeness (QED) is 0.663. The van der Waals surface area contributed by atoms with Crippen molar-refractivity contribution in [2.75, 3.05) is 40.0 Å². The van der Waals surface area contributed by atoms with Crippen LogP contribution >= 0.6 is 0 Å². The van der Waals surface area contributed by atoms with Crippen molar-refractivity contribution < 1.29 is 22.7 Å². The second kappa shape index (κ2) is 9.17. The van der Waals surface area contributed by atoms with Crippen molar-refractivity contribution in [3.8, 4) is 5.75 Å². The SMILES string of the molecule is COCCCNC(=O)COc1ccc(S(=O)(=O)N2CCCC2)cc1C. The van der Waals surface area contributed by atoms with E-state index in [1.54, 1.807) is 26.2 Å². The number of benzene rings is 1. The van der Waals surface area contributed by atoms with Crippen molar-refractivity contribution in [2.24, 2.45) is 0 Å². The van der Waals surface area contributed by atoms with Gasteiger partial charge in [0, 0.05) is 33.4 Å². The van der Waals surface area contributed by atoms with Crippen molar-refractivity contribution in [1.82, 2.24) is 9.62 Å². The molecule has 25 heavy (non-hydrogen) atoms. The molecule has 0 aliphatic carbocycles. The molecule has 0 bridgehead atoms. The number of sulfonamides is 1. The molecule has 1 aromatic carbocycles. The van der Waals surface area contributed by atoms with E-state index in [1.165, 1.54) is 10.4 Å². The highest BCUT2D eigenvalue weighted by molar-refractivity contribution is 7.89. The third-order valence-electron chi connectivity index (χ3n) is 4.06. The fourth-order valence-electron chi connectivity index (χ4n) is 2.66. The van der Waals surface area contributed by atoms with Crippen LogP contribution in [0.2, 0.25) is 0 Å². The Bertz CT molecular complexity index is 684. The first-order chi connectivity index (χ1) is 11.9. The lowest BCUT2D eigenvalue weighted by Crippen LogP contribution is -2.30. The standard InChI is InChI=1S/C17H26N2O5S/c1-14-12-15(25(21,22)19-9-3-4-10-19)6-7-16(14)24-13-17(20)18-8-5-11-23-2/h6-7,12H,3-5,8-11,13H2,1-2H3,(H,18,20). The summed E-state index contributed by atoms with van der Waals surface area (Å²) in [6, 6.07) is 4.74. The number of ether oxygens (including phenoxy) is 2.